The smallest absolute Gasteiger partial charge is 0.312 e. The second-order valence-corrected chi connectivity index (χ2v) is 4.82. The Morgan fingerprint density at radius 2 is 1.29 bits per heavy atom. The van der Waals surface area contributed by atoms with E-state index in [4.69, 9.17) is 0 Å². The van der Waals surface area contributed by atoms with Crippen LogP contribution in [0.1, 0.15) is 30.1 Å². The van der Waals surface area contributed by atoms with Crippen LogP contribution in [0.4, 0.5) is 13.2 Å². The van der Waals surface area contributed by atoms with Gasteiger partial charge in [-0.2, -0.15) is 18.2 Å². The van der Waals surface area contributed by atoms with Gasteiger partial charge in [0.25, 0.3) is 0 Å². The van der Waals surface area contributed by atoms with Crippen LogP contribution in [0.15, 0.2) is 60.7 Å². The molecule has 2 aromatic rings. The van der Waals surface area contributed by atoms with Crippen molar-refractivity contribution < 1.29 is 18.4 Å². The van der Waals surface area contributed by atoms with Crippen LogP contribution < -0.4 is 0 Å². The number of hydrogen-bond donors (Lipinski definition) is 1. The second kappa shape index (κ2) is 6.28. The van der Waals surface area contributed by atoms with E-state index < -0.39 is 18.3 Å². The molecule has 0 heterocycles. The van der Waals surface area contributed by atoms with E-state index in [9.17, 15) is 18.4 Å². The Bertz CT molecular complexity index is 557. The molecule has 0 aliphatic heterocycles. The summed E-state index contributed by atoms with van der Waals surface area (Å²) < 4.78 is 40.0. The first-order valence-corrected chi connectivity index (χ1v) is 6.55. The largest absolute Gasteiger partial charge is 0.410 e. The summed E-state index contributed by atoms with van der Waals surface area (Å²) >= 11 is 0. The molecule has 1 unspecified atom stereocenters. The normalized spacial score (nSPS) is 15.0. The number of rotatable bonds is 4. The highest BCUT2D eigenvalue weighted by Crippen LogP contribution is 2.40. The highest BCUT2D eigenvalue weighted by molar-refractivity contribution is 5.23. The van der Waals surface area contributed by atoms with Crippen LogP contribution in [0.3, 0.4) is 0 Å². The van der Waals surface area contributed by atoms with E-state index in [1.165, 1.54) is 31.2 Å². The molecular weight excluding hydrogens is 279 g/mol. The number of hydroxylamine groups is 2. The maximum atomic E-state index is 13.3. The quantitative estimate of drug-likeness (QED) is 0.823. The zero-order valence-electron chi connectivity index (χ0n) is 11.5. The molecule has 5 heteroatoms. The van der Waals surface area contributed by atoms with E-state index >= 15 is 0 Å². The third kappa shape index (κ3) is 3.62. The Balaban J connectivity index is 2.34. The van der Waals surface area contributed by atoms with Crippen LogP contribution in [0, 0.1) is 0 Å². The second-order valence-electron chi connectivity index (χ2n) is 4.82. The molecule has 0 spiro atoms. The molecular formula is C16H16F3NO. The summed E-state index contributed by atoms with van der Waals surface area (Å²) in [6.45, 7) is 1.54. The molecule has 2 nitrogen and oxygen atoms in total. The number of halogens is 3. The predicted octanol–water partition coefficient (Wildman–Crippen LogP) is 4.74. The molecule has 0 fully saturated rings. The Morgan fingerprint density at radius 1 is 0.857 bits per heavy atom. The van der Waals surface area contributed by atoms with Crippen LogP contribution in [-0.2, 0) is 0 Å². The lowest BCUT2D eigenvalue weighted by Crippen LogP contribution is -2.37. The molecule has 0 amide bonds. The van der Waals surface area contributed by atoms with Gasteiger partial charge in [-0.25, -0.2) is 0 Å². The summed E-state index contributed by atoms with van der Waals surface area (Å²) in [7, 11) is 0. The third-order valence-electron chi connectivity index (χ3n) is 3.37. The molecule has 112 valence electrons. The average molecular weight is 295 g/mol. The molecule has 0 aliphatic carbocycles. The van der Waals surface area contributed by atoms with Crippen molar-refractivity contribution in [1.82, 2.24) is 5.06 Å². The molecule has 0 radical (unpaired) electrons. The van der Waals surface area contributed by atoms with Crippen molar-refractivity contribution in [3.8, 4) is 0 Å². The molecule has 2 atom stereocenters. The van der Waals surface area contributed by atoms with E-state index in [-0.39, 0.29) is 5.56 Å². The first-order valence-electron chi connectivity index (χ1n) is 6.55. The summed E-state index contributed by atoms with van der Waals surface area (Å²) in [5, 5.41) is 10.5. The maximum Gasteiger partial charge on any atom is 0.410 e. The minimum Gasteiger partial charge on any atom is -0.312 e. The Hall–Kier alpha value is -1.85. The molecule has 21 heavy (non-hydrogen) atoms. The first-order chi connectivity index (χ1) is 9.91. The van der Waals surface area contributed by atoms with Crippen molar-refractivity contribution in [2.75, 3.05) is 0 Å². The Labute approximate surface area is 121 Å². The summed E-state index contributed by atoms with van der Waals surface area (Å²) in [5.41, 5.74) is 0.625. The molecule has 0 saturated heterocycles. The monoisotopic (exact) mass is 295 g/mol. The van der Waals surface area contributed by atoms with Gasteiger partial charge in [-0.3, -0.25) is 0 Å². The van der Waals surface area contributed by atoms with Crippen molar-refractivity contribution in [2.24, 2.45) is 0 Å². The lowest BCUT2D eigenvalue weighted by molar-refractivity contribution is -0.269. The van der Waals surface area contributed by atoms with Gasteiger partial charge < -0.3 is 5.21 Å². The van der Waals surface area contributed by atoms with Crippen molar-refractivity contribution in [2.45, 2.75) is 25.2 Å². The van der Waals surface area contributed by atoms with Crippen LogP contribution in [0.2, 0.25) is 0 Å². The molecule has 1 N–H and O–H groups in total. The number of hydrogen-bond acceptors (Lipinski definition) is 2. The molecule has 2 rings (SSSR count). The minimum atomic E-state index is -4.57. The van der Waals surface area contributed by atoms with Crippen LogP contribution >= 0.6 is 0 Å². The predicted molar refractivity (Wildman–Crippen MR) is 73.7 cm³/mol. The van der Waals surface area contributed by atoms with E-state index in [1.54, 1.807) is 36.4 Å². The Morgan fingerprint density at radius 3 is 1.71 bits per heavy atom. The van der Waals surface area contributed by atoms with Crippen LogP contribution in [-0.4, -0.2) is 16.4 Å². The zero-order chi connectivity index (χ0) is 15.5. The van der Waals surface area contributed by atoms with Gasteiger partial charge in [0.15, 0.2) is 6.04 Å². The van der Waals surface area contributed by atoms with Gasteiger partial charge in [0, 0.05) is 0 Å². The summed E-state index contributed by atoms with van der Waals surface area (Å²) in [4.78, 5) is 0. The van der Waals surface area contributed by atoms with E-state index in [1.807, 2.05) is 0 Å². The van der Waals surface area contributed by atoms with Gasteiger partial charge >= 0.3 is 6.18 Å². The summed E-state index contributed by atoms with van der Waals surface area (Å²) in [6.07, 6.45) is -4.57. The topological polar surface area (TPSA) is 23.5 Å². The van der Waals surface area contributed by atoms with Gasteiger partial charge in [0.1, 0.15) is 0 Å². The molecule has 0 saturated carbocycles. The van der Waals surface area contributed by atoms with Gasteiger partial charge in [-0.15, -0.1) is 0 Å². The first kappa shape index (κ1) is 15.5. The lowest BCUT2D eigenvalue weighted by Gasteiger charge is -2.32. The minimum absolute atomic E-state index is 0.00952. The van der Waals surface area contributed by atoms with Crippen molar-refractivity contribution in [1.29, 1.82) is 0 Å². The number of nitrogens with zero attached hydrogens (tertiary/aromatic N) is 1. The third-order valence-corrected chi connectivity index (χ3v) is 3.37. The highest BCUT2D eigenvalue weighted by atomic mass is 19.4. The SMILES string of the molecule is C[C@H](c1ccccc1)N(O)C(c1ccccc1)C(F)(F)F. The van der Waals surface area contributed by atoms with Crippen molar-refractivity contribution in [3.63, 3.8) is 0 Å². The average Bonchev–Trinajstić information content (AvgIpc) is 2.47. The van der Waals surface area contributed by atoms with Crippen molar-refractivity contribution >= 4 is 0 Å². The van der Waals surface area contributed by atoms with E-state index in [0.29, 0.717) is 10.6 Å². The summed E-state index contributed by atoms with van der Waals surface area (Å²) in [5.74, 6) is 0. The van der Waals surface area contributed by atoms with Crippen LogP contribution in [0.25, 0.3) is 0 Å². The van der Waals surface area contributed by atoms with Gasteiger partial charge in [-0.1, -0.05) is 60.7 Å². The fourth-order valence-corrected chi connectivity index (χ4v) is 2.23. The zero-order valence-corrected chi connectivity index (χ0v) is 11.5. The molecule has 0 bridgehead atoms. The molecule has 0 aromatic heterocycles. The van der Waals surface area contributed by atoms with Gasteiger partial charge in [-0.05, 0) is 18.1 Å². The van der Waals surface area contributed by atoms with Gasteiger partial charge in [0.05, 0.1) is 6.04 Å². The van der Waals surface area contributed by atoms with Crippen molar-refractivity contribution in [3.05, 3.63) is 71.8 Å². The summed E-state index contributed by atoms with van der Waals surface area (Å²) in [6, 6.07) is 13.2. The van der Waals surface area contributed by atoms with Crippen LogP contribution in [0.5, 0.6) is 0 Å². The Kier molecular flexibility index (Phi) is 4.65. The standard InChI is InChI=1S/C16H16F3NO/c1-12(13-8-4-2-5-9-13)20(21)15(16(17,18)19)14-10-6-3-7-11-14/h2-12,15,21H,1H3/t12-,15?/m1/s1. The fraction of sp³-hybridized carbons (Fsp3) is 0.250. The molecule has 0 aliphatic rings. The fourth-order valence-electron chi connectivity index (χ4n) is 2.23. The van der Waals surface area contributed by atoms with E-state index in [0.717, 1.165) is 0 Å². The van der Waals surface area contributed by atoms with Gasteiger partial charge in [0.2, 0.25) is 0 Å². The lowest BCUT2D eigenvalue weighted by atomic mass is 10.0. The maximum absolute atomic E-state index is 13.3. The number of benzene rings is 2. The molecule has 2 aromatic carbocycles. The highest BCUT2D eigenvalue weighted by Gasteiger charge is 2.46. The van der Waals surface area contributed by atoms with E-state index in [2.05, 4.69) is 0 Å². The number of alkyl halides is 3.